The summed E-state index contributed by atoms with van der Waals surface area (Å²) >= 11 is 0. The Kier molecular flexibility index (Phi) is 5.60. The second kappa shape index (κ2) is 6.43. The van der Waals surface area contributed by atoms with Gasteiger partial charge in [-0.3, -0.25) is 0 Å². The third-order valence-corrected chi connectivity index (χ3v) is 5.55. The average Bonchev–Trinajstić information content (AvgIpc) is 2.80. The van der Waals surface area contributed by atoms with Crippen molar-refractivity contribution in [2.75, 3.05) is 6.54 Å². The van der Waals surface area contributed by atoms with Gasteiger partial charge in [0.25, 0.3) is 10.0 Å². The lowest BCUT2D eigenvalue weighted by molar-refractivity contribution is 0.191. The first-order valence-electron chi connectivity index (χ1n) is 6.62. The highest BCUT2D eigenvalue weighted by Crippen LogP contribution is 2.34. The van der Waals surface area contributed by atoms with E-state index in [0.717, 1.165) is 25.7 Å². The van der Waals surface area contributed by atoms with E-state index in [1.165, 1.54) is 12.5 Å². The molecule has 1 saturated carbocycles. The largest absolute Gasteiger partial charge is 0.339 e. The molecule has 8 heteroatoms. The Labute approximate surface area is 126 Å². The summed E-state index contributed by atoms with van der Waals surface area (Å²) < 4.78 is 29.2. The number of aryl methyl sites for hydroxylation is 1. The molecule has 1 aliphatic carbocycles. The fourth-order valence-corrected chi connectivity index (χ4v) is 4.27. The van der Waals surface area contributed by atoms with E-state index < -0.39 is 15.6 Å². The highest BCUT2D eigenvalue weighted by molar-refractivity contribution is 7.89. The van der Waals surface area contributed by atoms with Crippen LogP contribution >= 0.6 is 12.4 Å². The lowest BCUT2D eigenvalue weighted by atomic mass is 9.74. The summed E-state index contributed by atoms with van der Waals surface area (Å²) in [4.78, 5) is 3.92. The van der Waals surface area contributed by atoms with E-state index in [1.54, 1.807) is 11.6 Å². The van der Waals surface area contributed by atoms with Crippen LogP contribution in [0.15, 0.2) is 17.6 Å². The molecule has 6 nitrogen and oxygen atoms in total. The number of nitrogens with zero attached hydrogens (tertiary/aromatic N) is 2. The monoisotopic (exact) mass is 322 g/mol. The van der Waals surface area contributed by atoms with E-state index in [2.05, 4.69) is 16.6 Å². The van der Waals surface area contributed by atoms with Gasteiger partial charge in [0.15, 0.2) is 5.03 Å². The molecule has 0 radical (unpaired) electrons. The Balaban J connectivity index is 0.00000200. The number of nitrogens with one attached hydrogen (secondary N) is 1. The molecule has 0 saturated heterocycles. The van der Waals surface area contributed by atoms with Gasteiger partial charge in [0.2, 0.25) is 0 Å². The Morgan fingerprint density at radius 1 is 1.55 bits per heavy atom. The van der Waals surface area contributed by atoms with Gasteiger partial charge < -0.3 is 10.3 Å². The van der Waals surface area contributed by atoms with Gasteiger partial charge in [0.1, 0.15) is 0 Å². The number of nitrogens with two attached hydrogens (primary N) is 1. The van der Waals surface area contributed by atoms with Crippen LogP contribution in [0.4, 0.5) is 0 Å². The molecule has 0 amide bonds. The van der Waals surface area contributed by atoms with Gasteiger partial charge in [-0.25, -0.2) is 18.1 Å². The predicted molar refractivity (Wildman–Crippen MR) is 80.2 cm³/mol. The van der Waals surface area contributed by atoms with E-state index in [9.17, 15) is 8.42 Å². The van der Waals surface area contributed by atoms with Crippen LogP contribution in [0.2, 0.25) is 0 Å². The van der Waals surface area contributed by atoms with Gasteiger partial charge in [0, 0.05) is 25.3 Å². The number of rotatable bonds is 4. The fourth-order valence-electron chi connectivity index (χ4n) is 2.76. The Morgan fingerprint density at radius 3 is 2.75 bits per heavy atom. The Hall–Kier alpha value is -0.630. The van der Waals surface area contributed by atoms with Crippen LogP contribution in [0, 0.1) is 5.92 Å². The van der Waals surface area contributed by atoms with E-state index in [1.807, 2.05) is 0 Å². The van der Waals surface area contributed by atoms with Crippen LogP contribution in [-0.2, 0) is 17.1 Å². The smallest absolute Gasteiger partial charge is 0.260 e. The molecule has 0 bridgehead atoms. The first kappa shape index (κ1) is 17.4. The van der Waals surface area contributed by atoms with Crippen molar-refractivity contribution < 1.29 is 8.42 Å². The molecule has 1 aliphatic rings. The normalized spacial score (nSPS) is 27.1. The second-order valence-electron chi connectivity index (χ2n) is 5.49. The van der Waals surface area contributed by atoms with Crippen molar-refractivity contribution in [3.63, 3.8) is 0 Å². The van der Waals surface area contributed by atoms with E-state index in [4.69, 9.17) is 5.73 Å². The number of hydrogen-bond acceptors (Lipinski definition) is 4. The van der Waals surface area contributed by atoms with Gasteiger partial charge in [-0.1, -0.05) is 19.8 Å². The highest BCUT2D eigenvalue weighted by Gasteiger charge is 2.41. The van der Waals surface area contributed by atoms with Crippen molar-refractivity contribution in [2.24, 2.45) is 18.7 Å². The minimum Gasteiger partial charge on any atom is -0.339 e. The molecule has 116 valence electrons. The van der Waals surface area contributed by atoms with Crippen molar-refractivity contribution in [1.82, 2.24) is 14.3 Å². The average molecular weight is 323 g/mol. The molecule has 1 fully saturated rings. The van der Waals surface area contributed by atoms with Crippen LogP contribution in [0.1, 0.15) is 32.6 Å². The molecule has 1 heterocycles. The van der Waals surface area contributed by atoms with Crippen LogP contribution < -0.4 is 10.5 Å². The van der Waals surface area contributed by atoms with Crippen molar-refractivity contribution >= 4 is 22.4 Å². The van der Waals surface area contributed by atoms with Gasteiger partial charge >= 0.3 is 0 Å². The van der Waals surface area contributed by atoms with Crippen molar-refractivity contribution in [3.05, 3.63) is 12.5 Å². The number of aromatic nitrogens is 2. The summed E-state index contributed by atoms with van der Waals surface area (Å²) in [6.07, 6.45) is 6.91. The molecule has 0 aliphatic heterocycles. The SMILES string of the molecule is CC1CCCCC1(CN)NS(=O)(=O)c1cn(C)cn1.Cl. The maximum atomic E-state index is 12.4. The molecular formula is C12H23ClN4O2S. The van der Waals surface area contributed by atoms with Gasteiger partial charge in [-0.2, -0.15) is 0 Å². The first-order chi connectivity index (χ1) is 8.89. The van der Waals surface area contributed by atoms with Crippen molar-refractivity contribution in [2.45, 2.75) is 43.2 Å². The molecule has 3 N–H and O–H groups in total. The summed E-state index contributed by atoms with van der Waals surface area (Å²) in [7, 11) is -1.86. The third kappa shape index (κ3) is 3.33. The Morgan fingerprint density at radius 2 is 2.25 bits per heavy atom. The molecule has 0 aromatic carbocycles. The van der Waals surface area contributed by atoms with Crippen LogP contribution in [0.5, 0.6) is 0 Å². The molecule has 0 spiro atoms. The van der Waals surface area contributed by atoms with Gasteiger partial charge in [-0.05, 0) is 18.8 Å². The quantitative estimate of drug-likeness (QED) is 0.866. The Bertz CT molecular complexity index is 545. The summed E-state index contributed by atoms with van der Waals surface area (Å²) in [6.45, 7) is 2.38. The van der Waals surface area contributed by atoms with Gasteiger partial charge in [0.05, 0.1) is 6.33 Å². The first-order valence-corrected chi connectivity index (χ1v) is 8.10. The summed E-state index contributed by atoms with van der Waals surface area (Å²) in [6, 6.07) is 0. The minimum atomic E-state index is -3.60. The molecule has 2 unspecified atom stereocenters. The van der Waals surface area contributed by atoms with Gasteiger partial charge in [-0.15, -0.1) is 12.4 Å². The molecule has 2 rings (SSSR count). The van der Waals surface area contributed by atoms with Crippen molar-refractivity contribution in [1.29, 1.82) is 0 Å². The van der Waals surface area contributed by atoms with Crippen LogP contribution in [0.3, 0.4) is 0 Å². The molecular weight excluding hydrogens is 300 g/mol. The number of imidazole rings is 1. The minimum absolute atomic E-state index is 0. The lowest BCUT2D eigenvalue weighted by Crippen LogP contribution is -2.59. The highest BCUT2D eigenvalue weighted by atomic mass is 35.5. The van der Waals surface area contributed by atoms with Crippen molar-refractivity contribution in [3.8, 4) is 0 Å². The summed E-state index contributed by atoms with van der Waals surface area (Å²) in [5.41, 5.74) is 5.33. The maximum absolute atomic E-state index is 12.4. The standard InChI is InChI=1S/C12H22N4O2S.ClH/c1-10-5-3-4-6-12(10,8-13)15-19(17,18)11-7-16(2)9-14-11;/h7,9-10,15H,3-6,8,13H2,1-2H3;1H. The summed E-state index contributed by atoms with van der Waals surface area (Å²) in [5, 5.41) is 0.0561. The fraction of sp³-hybridized carbons (Fsp3) is 0.750. The zero-order valence-corrected chi connectivity index (χ0v) is 13.5. The molecule has 2 atom stereocenters. The lowest BCUT2D eigenvalue weighted by Gasteiger charge is -2.42. The third-order valence-electron chi connectivity index (χ3n) is 4.11. The van der Waals surface area contributed by atoms with E-state index >= 15 is 0 Å². The number of sulfonamides is 1. The summed E-state index contributed by atoms with van der Waals surface area (Å²) in [5.74, 6) is 0.240. The molecule has 1 aromatic rings. The van der Waals surface area contributed by atoms with E-state index in [-0.39, 0.29) is 23.4 Å². The second-order valence-corrected chi connectivity index (χ2v) is 7.12. The van der Waals surface area contributed by atoms with E-state index in [0.29, 0.717) is 6.54 Å². The number of halogens is 1. The van der Waals surface area contributed by atoms with Crippen LogP contribution in [-0.4, -0.2) is 30.1 Å². The maximum Gasteiger partial charge on any atom is 0.260 e. The number of hydrogen-bond donors (Lipinski definition) is 2. The molecule has 1 aromatic heterocycles. The zero-order valence-electron chi connectivity index (χ0n) is 11.9. The van der Waals surface area contributed by atoms with Crippen LogP contribution in [0.25, 0.3) is 0 Å². The molecule has 20 heavy (non-hydrogen) atoms. The predicted octanol–water partition coefficient (Wildman–Crippen LogP) is 1.03. The zero-order chi connectivity index (χ0) is 14.1. The topological polar surface area (TPSA) is 90.0 Å².